The number of ether oxygens (including phenoxy) is 1. The summed E-state index contributed by atoms with van der Waals surface area (Å²) in [7, 11) is -3.48. The van der Waals surface area contributed by atoms with Gasteiger partial charge in [0.2, 0.25) is 10.0 Å². The van der Waals surface area contributed by atoms with Crippen molar-refractivity contribution < 1.29 is 17.9 Å². The molecule has 1 amide bonds. The number of anilines is 1. The average Bonchev–Trinajstić information content (AvgIpc) is 2.74. The molecule has 7 heteroatoms. The average molecular weight is 445 g/mol. The Bertz CT molecular complexity index is 987. The predicted molar refractivity (Wildman–Crippen MR) is 123 cm³/mol. The maximum absolute atomic E-state index is 12.7. The maximum Gasteiger partial charge on any atom is 0.265 e. The van der Waals surface area contributed by atoms with Crippen molar-refractivity contribution in [3.8, 4) is 5.75 Å². The highest BCUT2D eigenvalue weighted by Crippen LogP contribution is 2.25. The minimum Gasteiger partial charge on any atom is -0.481 e. The molecule has 31 heavy (non-hydrogen) atoms. The normalized spacial score (nSPS) is 16.5. The van der Waals surface area contributed by atoms with Gasteiger partial charge < -0.3 is 10.1 Å². The van der Waals surface area contributed by atoms with Crippen LogP contribution in [0.5, 0.6) is 5.75 Å². The molecule has 6 nitrogen and oxygen atoms in total. The summed E-state index contributed by atoms with van der Waals surface area (Å²) in [5.41, 5.74) is 1.77. The van der Waals surface area contributed by atoms with Gasteiger partial charge >= 0.3 is 0 Å². The van der Waals surface area contributed by atoms with Crippen molar-refractivity contribution in [2.24, 2.45) is 0 Å². The van der Waals surface area contributed by atoms with Gasteiger partial charge in [-0.05, 0) is 67.1 Å². The van der Waals surface area contributed by atoms with Crippen molar-refractivity contribution in [1.29, 1.82) is 0 Å². The smallest absolute Gasteiger partial charge is 0.265 e. The number of hydrogen-bond acceptors (Lipinski definition) is 4. The Balaban J connectivity index is 1.59. The van der Waals surface area contributed by atoms with Crippen LogP contribution in [0.25, 0.3) is 0 Å². The number of nitrogens with one attached hydrogen (secondary N) is 1. The van der Waals surface area contributed by atoms with Gasteiger partial charge in [0, 0.05) is 18.8 Å². The molecule has 2 aromatic rings. The largest absolute Gasteiger partial charge is 0.481 e. The topological polar surface area (TPSA) is 75.7 Å². The van der Waals surface area contributed by atoms with Gasteiger partial charge in [0.15, 0.2) is 6.10 Å². The number of hydrogen-bond donors (Lipinski definition) is 1. The molecule has 0 unspecified atom stereocenters. The number of carbonyl (C=O) groups excluding carboxylic acids is 1. The number of nitrogens with zero attached hydrogens (tertiary/aromatic N) is 1. The first-order chi connectivity index (χ1) is 14.6. The van der Waals surface area contributed by atoms with Crippen molar-refractivity contribution >= 4 is 21.6 Å². The van der Waals surface area contributed by atoms with E-state index in [-0.39, 0.29) is 16.2 Å². The molecule has 0 bridgehead atoms. The summed E-state index contributed by atoms with van der Waals surface area (Å²) < 4.78 is 32.8. The van der Waals surface area contributed by atoms with Gasteiger partial charge in [0.05, 0.1) is 4.90 Å². The molecule has 1 heterocycles. The Morgan fingerprint density at radius 1 is 0.968 bits per heavy atom. The van der Waals surface area contributed by atoms with Crippen LogP contribution in [0.4, 0.5) is 5.69 Å². The lowest BCUT2D eigenvalue weighted by atomic mass is 9.87. The highest BCUT2D eigenvalue weighted by Gasteiger charge is 2.26. The summed E-state index contributed by atoms with van der Waals surface area (Å²) in [6.45, 7) is 9.23. The van der Waals surface area contributed by atoms with Gasteiger partial charge in [-0.2, -0.15) is 4.31 Å². The van der Waals surface area contributed by atoms with Crippen molar-refractivity contribution in [1.82, 2.24) is 4.31 Å². The molecule has 0 saturated carbocycles. The lowest BCUT2D eigenvalue weighted by molar-refractivity contribution is -0.122. The quantitative estimate of drug-likeness (QED) is 0.708. The van der Waals surface area contributed by atoms with E-state index in [1.165, 1.54) is 22.0 Å². The first kappa shape index (κ1) is 23.3. The van der Waals surface area contributed by atoms with Crippen LogP contribution >= 0.6 is 0 Å². The zero-order valence-corrected chi connectivity index (χ0v) is 19.5. The van der Waals surface area contributed by atoms with E-state index in [0.29, 0.717) is 24.5 Å². The first-order valence-corrected chi connectivity index (χ1v) is 12.2. The van der Waals surface area contributed by atoms with Gasteiger partial charge in [-0.1, -0.05) is 39.3 Å². The Labute approximate surface area is 185 Å². The molecule has 1 atom stereocenters. The molecule has 1 fully saturated rings. The van der Waals surface area contributed by atoms with Crippen molar-refractivity contribution in [3.63, 3.8) is 0 Å². The van der Waals surface area contributed by atoms with Crippen LogP contribution in [-0.2, 0) is 20.2 Å². The Kier molecular flexibility index (Phi) is 7.06. The van der Waals surface area contributed by atoms with Crippen molar-refractivity contribution in [2.45, 2.75) is 63.4 Å². The van der Waals surface area contributed by atoms with E-state index in [0.717, 1.165) is 19.3 Å². The number of piperidine rings is 1. The highest BCUT2D eigenvalue weighted by molar-refractivity contribution is 7.89. The number of rotatable bonds is 6. The summed E-state index contributed by atoms with van der Waals surface area (Å²) in [4.78, 5) is 12.8. The summed E-state index contributed by atoms with van der Waals surface area (Å²) in [5.74, 6) is 0.324. The van der Waals surface area contributed by atoms with E-state index in [9.17, 15) is 13.2 Å². The molecule has 0 aliphatic carbocycles. The second-order valence-corrected chi connectivity index (χ2v) is 11.0. The third kappa shape index (κ3) is 5.86. The summed E-state index contributed by atoms with van der Waals surface area (Å²) in [6, 6.07) is 14.0. The molecule has 0 aromatic heterocycles. The molecule has 1 aliphatic rings. The molecule has 1 aliphatic heterocycles. The van der Waals surface area contributed by atoms with E-state index in [1.807, 2.05) is 24.3 Å². The Hall–Kier alpha value is -2.38. The van der Waals surface area contributed by atoms with E-state index in [2.05, 4.69) is 26.1 Å². The fourth-order valence-electron chi connectivity index (χ4n) is 3.50. The maximum atomic E-state index is 12.7. The fraction of sp³-hybridized carbons (Fsp3) is 0.458. The first-order valence-electron chi connectivity index (χ1n) is 10.8. The fourth-order valence-corrected chi connectivity index (χ4v) is 5.02. The summed E-state index contributed by atoms with van der Waals surface area (Å²) in [5, 5.41) is 2.78. The van der Waals surface area contributed by atoms with Crippen molar-refractivity contribution in [2.75, 3.05) is 18.4 Å². The summed E-state index contributed by atoms with van der Waals surface area (Å²) >= 11 is 0. The van der Waals surface area contributed by atoms with E-state index < -0.39 is 16.1 Å². The lowest BCUT2D eigenvalue weighted by Crippen LogP contribution is -2.35. The van der Waals surface area contributed by atoms with Crippen LogP contribution in [0.3, 0.4) is 0 Å². The number of benzene rings is 2. The third-order valence-corrected chi connectivity index (χ3v) is 7.39. The van der Waals surface area contributed by atoms with Gasteiger partial charge in [0.1, 0.15) is 5.75 Å². The molecule has 168 valence electrons. The highest BCUT2D eigenvalue weighted by atomic mass is 32.2. The standard InChI is InChI=1S/C24H32N2O4S/c1-18(30-21-12-8-19(9-13-21)24(2,3)4)23(27)25-20-10-14-22(15-11-20)31(28,29)26-16-6-5-7-17-26/h8-15,18H,5-7,16-17H2,1-4H3,(H,25,27)/t18-/m0/s1. The van der Waals surface area contributed by atoms with Gasteiger partial charge in [-0.15, -0.1) is 0 Å². The van der Waals surface area contributed by atoms with Crippen LogP contribution in [0.1, 0.15) is 52.5 Å². The van der Waals surface area contributed by atoms with Crippen LogP contribution in [0.15, 0.2) is 53.4 Å². The number of carbonyl (C=O) groups is 1. The summed E-state index contributed by atoms with van der Waals surface area (Å²) in [6.07, 6.45) is 2.16. The van der Waals surface area contributed by atoms with Gasteiger partial charge in [-0.3, -0.25) is 4.79 Å². The van der Waals surface area contributed by atoms with Crippen LogP contribution in [-0.4, -0.2) is 37.8 Å². The molecule has 3 rings (SSSR count). The van der Waals surface area contributed by atoms with Crippen LogP contribution in [0.2, 0.25) is 0 Å². The molecule has 1 saturated heterocycles. The van der Waals surface area contributed by atoms with Crippen LogP contribution in [0, 0.1) is 0 Å². The molecular formula is C24H32N2O4S. The molecule has 0 spiro atoms. The minimum atomic E-state index is -3.48. The van der Waals surface area contributed by atoms with E-state index in [1.54, 1.807) is 19.1 Å². The lowest BCUT2D eigenvalue weighted by Gasteiger charge is -2.25. The van der Waals surface area contributed by atoms with E-state index >= 15 is 0 Å². The monoisotopic (exact) mass is 444 g/mol. The van der Waals surface area contributed by atoms with E-state index in [4.69, 9.17) is 4.74 Å². The zero-order chi connectivity index (χ0) is 22.6. The SMILES string of the molecule is C[C@H](Oc1ccc(C(C)(C)C)cc1)C(=O)Nc1ccc(S(=O)(=O)N2CCCCC2)cc1. The third-order valence-electron chi connectivity index (χ3n) is 5.48. The van der Waals surface area contributed by atoms with Crippen molar-refractivity contribution in [3.05, 3.63) is 54.1 Å². The number of amides is 1. The number of sulfonamides is 1. The molecule has 1 N–H and O–H groups in total. The second-order valence-electron chi connectivity index (χ2n) is 9.01. The molecule has 0 radical (unpaired) electrons. The van der Waals surface area contributed by atoms with Crippen LogP contribution < -0.4 is 10.1 Å². The Morgan fingerprint density at radius 2 is 1.55 bits per heavy atom. The van der Waals surface area contributed by atoms with Gasteiger partial charge in [-0.25, -0.2) is 8.42 Å². The Morgan fingerprint density at radius 3 is 2.10 bits per heavy atom. The minimum absolute atomic E-state index is 0.0508. The molecule has 2 aromatic carbocycles. The van der Waals surface area contributed by atoms with Gasteiger partial charge in [0.25, 0.3) is 5.91 Å². The zero-order valence-electron chi connectivity index (χ0n) is 18.7. The second kappa shape index (κ2) is 9.40. The predicted octanol–water partition coefficient (Wildman–Crippen LogP) is 4.56. The molecular weight excluding hydrogens is 412 g/mol.